The SMILES string of the molecule is C=C(C/C=C/CCCO)CCCCCC. The zero-order chi connectivity index (χ0) is 11.4. The van der Waals surface area contributed by atoms with E-state index in [1.807, 2.05) is 0 Å². The lowest BCUT2D eigenvalue weighted by molar-refractivity contribution is 0.289. The van der Waals surface area contributed by atoms with Crippen LogP contribution in [0.1, 0.15) is 58.3 Å². The molecule has 0 aromatic heterocycles. The first kappa shape index (κ1) is 14.4. The maximum absolute atomic E-state index is 8.59. The van der Waals surface area contributed by atoms with E-state index in [2.05, 4.69) is 25.7 Å². The summed E-state index contributed by atoms with van der Waals surface area (Å²) >= 11 is 0. The van der Waals surface area contributed by atoms with Gasteiger partial charge in [-0.25, -0.2) is 0 Å². The van der Waals surface area contributed by atoms with Gasteiger partial charge in [0, 0.05) is 6.61 Å². The van der Waals surface area contributed by atoms with Crippen molar-refractivity contribution in [1.29, 1.82) is 0 Å². The molecule has 0 heterocycles. The summed E-state index contributed by atoms with van der Waals surface area (Å²) in [4.78, 5) is 0. The summed E-state index contributed by atoms with van der Waals surface area (Å²) in [5.74, 6) is 0. The minimum atomic E-state index is 0.294. The lowest BCUT2D eigenvalue weighted by Crippen LogP contribution is -1.82. The molecule has 0 aliphatic heterocycles. The molecule has 1 heteroatoms. The van der Waals surface area contributed by atoms with Crippen molar-refractivity contribution in [1.82, 2.24) is 0 Å². The average Bonchev–Trinajstić information content (AvgIpc) is 2.24. The van der Waals surface area contributed by atoms with Crippen molar-refractivity contribution >= 4 is 0 Å². The average molecular weight is 210 g/mol. The highest BCUT2D eigenvalue weighted by Crippen LogP contribution is 2.12. The van der Waals surface area contributed by atoms with Gasteiger partial charge in [-0.15, -0.1) is 0 Å². The first-order valence-electron chi connectivity index (χ1n) is 6.23. The molecule has 0 unspecified atom stereocenters. The van der Waals surface area contributed by atoms with Crippen LogP contribution in [0.15, 0.2) is 24.3 Å². The molecule has 15 heavy (non-hydrogen) atoms. The summed E-state index contributed by atoms with van der Waals surface area (Å²) in [5.41, 5.74) is 1.34. The highest BCUT2D eigenvalue weighted by Gasteiger charge is 1.92. The van der Waals surface area contributed by atoms with E-state index in [-0.39, 0.29) is 0 Å². The molecule has 0 aliphatic carbocycles. The van der Waals surface area contributed by atoms with Crippen LogP contribution in [0.5, 0.6) is 0 Å². The summed E-state index contributed by atoms with van der Waals surface area (Å²) < 4.78 is 0. The van der Waals surface area contributed by atoms with Gasteiger partial charge in [0.15, 0.2) is 0 Å². The molecule has 88 valence electrons. The third kappa shape index (κ3) is 11.4. The van der Waals surface area contributed by atoms with Crippen LogP contribution < -0.4 is 0 Å². The van der Waals surface area contributed by atoms with Gasteiger partial charge in [-0.2, -0.15) is 0 Å². The van der Waals surface area contributed by atoms with Crippen LogP contribution in [0, 0.1) is 0 Å². The fourth-order valence-electron chi connectivity index (χ4n) is 1.48. The first-order valence-corrected chi connectivity index (χ1v) is 6.23. The van der Waals surface area contributed by atoms with E-state index in [1.54, 1.807) is 0 Å². The van der Waals surface area contributed by atoms with E-state index in [0.717, 1.165) is 19.3 Å². The Morgan fingerprint density at radius 3 is 2.60 bits per heavy atom. The number of hydrogen-bond acceptors (Lipinski definition) is 1. The van der Waals surface area contributed by atoms with Gasteiger partial charge in [0.05, 0.1) is 0 Å². The molecule has 0 aliphatic rings. The third-order valence-corrected chi connectivity index (χ3v) is 2.49. The molecular weight excluding hydrogens is 184 g/mol. The Hall–Kier alpha value is -0.560. The van der Waals surface area contributed by atoms with Crippen molar-refractivity contribution in [2.75, 3.05) is 6.61 Å². The van der Waals surface area contributed by atoms with Gasteiger partial charge in [-0.05, 0) is 32.1 Å². The number of aliphatic hydroxyl groups is 1. The Labute approximate surface area is 94.9 Å². The second kappa shape index (κ2) is 11.5. The Kier molecular flexibility index (Phi) is 11.1. The van der Waals surface area contributed by atoms with Crippen molar-refractivity contribution in [3.8, 4) is 0 Å². The van der Waals surface area contributed by atoms with Crippen LogP contribution in [-0.4, -0.2) is 11.7 Å². The summed E-state index contributed by atoms with van der Waals surface area (Å²) in [6, 6.07) is 0. The van der Waals surface area contributed by atoms with Gasteiger partial charge < -0.3 is 5.11 Å². The Morgan fingerprint density at radius 1 is 1.13 bits per heavy atom. The quantitative estimate of drug-likeness (QED) is 0.422. The zero-order valence-corrected chi connectivity index (χ0v) is 10.2. The van der Waals surface area contributed by atoms with Crippen LogP contribution in [0.25, 0.3) is 0 Å². The van der Waals surface area contributed by atoms with E-state index in [1.165, 1.54) is 37.7 Å². The molecular formula is C14H26O. The van der Waals surface area contributed by atoms with Crippen molar-refractivity contribution in [2.45, 2.75) is 58.3 Å². The Morgan fingerprint density at radius 2 is 1.93 bits per heavy atom. The minimum absolute atomic E-state index is 0.294. The number of unbranched alkanes of at least 4 members (excludes halogenated alkanes) is 4. The molecule has 0 rings (SSSR count). The summed E-state index contributed by atoms with van der Waals surface area (Å²) in [7, 11) is 0. The predicted molar refractivity (Wildman–Crippen MR) is 68.0 cm³/mol. The first-order chi connectivity index (χ1) is 7.31. The molecule has 0 spiro atoms. The monoisotopic (exact) mass is 210 g/mol. The number of hydrogen-bond donors (Lipinski definition) is 1. The lowest BCUT2D eigenvalue weighted by Gasteiger charge is -2.01. The van der Waals surface area contributed by atoms with Crippen LogP contribution >= 0.6 is 0 Å². The maximum Gasteiger partial charge on any atom is 0.0433 e. The van der Waals surface area contributed by atoms with Gasteiger partial charge in [-0.1, -0.05) is 50.5 Å². The summed E-state index contributed by atoms with van der Waals surface area (Å²) in [6.07, 6.45) is 13.6. The van der Waals surface area contributed by atoms with Crippen LogP contribution in [0.4, 0.5) is 0 Å². The second-order valence-electron chi connectivity index (χ2n) is 4.10. The Bertz CT molecular complexity index is 170. The minimum Gasteiger partial charge on any atom is -0.396 e. The molecule has 0 aromatic rings. The number of allylic oxidation sites excluding steroid dienone is 3. The smallest absolute Gasteiger partial charge is 0.0433 e. The van der Waals surface area contributed by atoms with Gasteiger partial charge in [0.1, 0.15) is 0 Å². The maximum atomic E-state index is 8.59. The van der Waals surface area contributed by atoms with Crippen molar-refractivity contribution < 1.29 is 5.11 Å². The van der Waals surface area contributed by atoms with Gasteiger partial charge in [-0.3, -0.25) is 0 Å². The molecule has 0 saturated carbocycles. The number of rotatable bonds is 10. The van der Waals surface area contributed by atoms with Crippen LogP contribution in [-0.2, 0) is 0 Å². The van der Waals surface area contributed by atoms with Crippen LogP contribution in [0.3, 0.4) is 0 Å². The molecule has 0 aromatic carbocycles. The molecule has 0 atom stereocenters. The van der Waals surface area contributed by atoms with Crippen molar-refractivity contribution in [3.05, 3.63) is 24.3 Å². The molecule has 0 bridgehead atoms. The largest absolute Gasteiger partial charge is 0.396 e. The van der Waals surface area contributed by atoms with E-state index >= 15 is 0 Å². The third-order valence-electron chi connectivity index (χ3n) is 2.49. The normalized spacial score (nSPS) is 11.1. The second-order valence-corrected chi connectivity index (χ2v) is 4.10. The van der Waals surface area contributed by atoms with E-state index in [9.17, 15) is 0 Å². The molecule has 0 amide bonds. The fourth-order valence-corrected chi connectivity index (χ4v) is 1.48. The lowest BCUT2D eigenvalue weighted by atomic mass is 10.1. The Balaban J connectivity index is 3.28. The van der Waals surface area contributed by atoms with Crippen molar-refractivity contribution in [2.24, 2.45) is 0 Å². The van der Waals surface area contributed by atoms with E-state index in [0.29, 0.717) is 6.61 Å². The molecule has 1 nitrogen and oxygen atoms in total. The van der Waals surface area contributed by atoms with Gasteiger partial charge in [0.25, 0.3) is 0 Å². The van der Waals surface area contributed by atoms with Crippen LogP contribution in [0.2, 0.25) is 0 Å². The van der Waals surface area contributed by atoms with E-state index in [4.69, 9.17) is 5.11 Å². The standard InChI is InChI=1S/C14H26O/c1-3-4-5-8-11-14(2)12-9-6-7-10-13-15/h6,9,15H,2-5,7-8,10-13H2,1H3/b9-6+. The zero-order valence-electron chi connectivity index (χ0n) is 10.2. The number of aliphatic hydroxyl groups excluding tert-OH is 1. The predicted octanol–water partition coefficient (Wildman–Crippen LogP) is 4.23. The highest BCUT2D eigenvalue weighted by molar-refractivity contribution is 5.01. The molecule has 1 N–H and O–H groups in total. The summed E-state index contributed by atoms with van der Waals surface area (Å²) in [5, 5.41) is 8.59. The topological polar surface area (TPSA) is 20.2 Å². The van der Waals surface area contributed by atoms with Gasteiger partial charge in [0.2, 0.25) is 0 Å². The molecule has 0 radical (unpaired) electrons. The summed E-state index contributed by atoms with van der Waals surface area (Å²) in [6.45, 7) is 6.60. The van der Waals surface area contributed by atoms with Gasteiger partial charge >= 0.3 is 0 Å². The van der Waals surface area contributed by atoms with Crippen molar-refractivity contribution in [3.63, 3.8) is 0 Å². The highest BCUT2D eigenvalue weighted by atomic mass is 16.2. The molecule has 0 saturated heterocycles. The fraction of sp³-hybridized carbons (Fsp3) is 0.714. The van der Waals surface area contributed by atoms with E-state index < -0.39 is 0 Å². The molecule has 0 fully saturated rings.